The largest absolute Gasteiger partial charge is 0.495 e. The Hall–Kier alpha value is -4.31. The molecule has 1 aliphatic heterocycles. The number of anilines is 2. The zero-order valence-corrected chi connectivity index (χ0v) is 22.9. The number of hydrogen-bond acceptors (Lipinski definition) is 7. The fraction of sp³-hybridized carbons (Fsp3) is 0.179. The molecule has 1 aliphatic rings. The van der Waals surface area contributed by atoms with Gasteiger partial charge in [-0.1, -0.05) is 40.2 Å². The molecule has 4 aromatic rings. The Balaban J connectivity index is 1.59. The summed E-state index contributed by atoms with van der Waals surface area (Å²) in [6.45, 7) is 1.86. The summed E-state index contributed by atoms with van der Waals surface area (Å²) in [6, 6.07) is 20.1. The Labute approximate surface area is 228 Å². The highest BCUT2D eigenvalue weighted by Gasteiger charge is 2.35. The molecule has 2 heterocycles. The van der Waals surface area contributed by atoms with Crippen LogP contribution in [0.1, 0.15) is 18.5 Å². The number of fused-ring (bicyclic) bond motifs is 1. The molecule has 3 aromatic carbocycles. The summed E-state index contributed by atoms with van der Waals surface area (Å²) in [5, 5.41) is 11.1. The number of methoxy groups -OCH3 is 3. The van der Waals surface area contributed by atoms with Crippen molar-refractivity contribution >= 4 is 33.5 Å². The van der Waals surface area contributed by atoms with E-state index in [0.29, 0.717) is 46.0 Å². The van der Waals surface area contributed by atoms with Gasteiger partial charge in [0.2, 0.25) is 5.95 Å². The van der Waals surface area contributed by atoms with E-state index in [1.807, 2.05) is 61.5 Å². The highest BCUT2D eigenvalue weighted by atomic mass is 79.9. The topological polar surface area (TPSA) is 99.5 Å². The number of carbonyl (C=O) groups is 1. The van der Waals surface area contributed by atoms with E-state index in [4.69, 9.17) is 24.3 Å². The maximum absolute atomic E-state index is 13.8. The third-order valence-electron chi connectivity index (χ3n) is 6.28. The predicted molar refractivity (Wildman–Crippen MR) is 149 cm³/mol. The van der Waals surface area contributed by atoms with Crippen LogP contribution in [0.2, 0.25) is 0 Å². The summed E-state index contributed by atoms with van der Waals surface area (Å²) >= 11 is 3.50. The Morgan fingerprint density at radius 3 is 2.37 bits per heavy atom. The number of para-hydroxylation sites is 2. The summed E-state index contributed by atoms with van der Waals surface area (Å²) in [4.78, 5) is 18.5. The number of carbonyl (C=O) groups excluding carboxylic acids is 1. The van der Waals surface area contributed by atoms with E-state index in [9.17, 15) is 4.79 Å². The molecule has 1 unspecified atom stereocenters. The number of ether oxygens (including phenoxy) is 3. The normalized spacial score (nSPS) is 14.4. The van der Waals surface area contributed by atoms with Gasteiger partial charge in [-0.15, -0.1) is 5.10 Å². The van der Waals surface area contributed by atoms with E-state index in [-0.39, 0.29) is 5.91 Å². The molecule has 2 N–H and O–H groups in total. The van der Waals surface area contributed by atoms with Crippen molar-refractivity contribution in [3.8, 4) is 28.6 Å². The van der Waals surface area contributed by atoms with Crippen molar-refractivity contribution in [2.24, 2.45) is 0 Å². The monoisotopic (exact) mass is 575 g/mol. The zero-order valence-electron chi connectivity index (χ0n) is 21.3. The van der Waals surface area contributed by atoms with Crippen LogP contribution in [0.15, 0.2) is 82.5 Å². The van der Waals surface area contributed by atoms with Crippen LogP contribution in [0, 0.1) is 0 Å². The second-order valence-corrected chi connectivity index (χ2v) is 9.46. The van der Waals surface area contributed by atoms with Crippen LogP contribution in [-0.2, 0) is 4.79 Å². The molecule has 10 heteroatoms. The van der Waals surface area contributed by atoms with Crippen molar-refractivity contribution in [1.29, 1.82) is 0 Å². The second kappa shape index (κ2) is 10.6. The van der Waals surface area contributed by atoms with Crippen LogP contribution in [0.25, 0.3) is 11.4 Å². The van der Waals surface area contributed by atoms with Gasteiger partial charge in [-0.3, -0.25) is 4.79 Å². The number of rotatable bonds is 7. The molecular weight excluding hydrogens is 550 g/mol. The molecule has 0 spiro atoms. The number of benzene rings is 3. The lowest BCUT2D eigenvalue weighted by molar-refractivity contribution is -0.113. The van der Waals surface area contributed by atoms with Gasteiger partial charge in [0.05, 0.1) is 32.6 Å². The quantitative estimate of drug-likeness (QED) is 0.293. The van der Waals surface area contributed by atoms with E-state index in [1.165, 1.54) is 0 Å². The first kappa shape index (κ1) is 25.3. The van der Waals surface area contributed by atoms with Crippen molar-refractivity contribution in [3.05, 3.63) is 88.0 Å². The molecule has 0 fully saturated rings. The minimum Gasteiger partial charge on any atom is -0.495 e. The number of amides is 1. The summed E-state index contributed by atoms with van der Waals surface area (Å²) in [7, 11) is 4.74. The Morgan fingerprint density at radius 2 is 1.66 bits per heavy atom. The number of aromatic nitrogens is 3. The van der Waals surface area contributed by atoms with Gasteiger partial charge < -0.3 is 24.8 Å². The summed E-state index contributed by atoms with van der Waals surface area (Å²) in [6.07, 6.45) is 0. The minimum absolute atomic E-state index is 0.277. The third-order valence-corrected chi connectivity index (χ3v) is 6.81. The SMILES string of the molecule is COc1ccccc1NC(=O)C1=C(C)Nc2nc(-c3ccc(OC)c(OC)c3)nn2C1c1ccc(Br)cc1. The molecule has 1 aromatic heterocycles. The van der Waals surface area contributed by atoms with Crippen LogP contribution in [-0.4, -0.2) is 42.0 Å². The second-order valence-electron chi connectivity index (χ2n) is 8.55. The van der Waals surface area contributed by atoms with Crippen LogP contribution >= 0.6 is 15.9 Å². The fourth-order valence-corrected chi connectivity index (χ4v) is 4.70. The van der Waals surface area contributed by atoms with Gasteiger partial charge in [0.15, 0.2) is 17.3 Å². The average Bonchev–Trinajstić information content (AvgIpc) is 3.36. The lowest BCUT2D eigenvalue weighted by atomic mass is 9.95. The molecule has 0 bridgehead atoms. The summed E-state index contributed by atoms with van der Waals surface area (Å²) in [5.41, 5.74) is 3.38. The zero-order chi connectivity index (χ0) is 26.8. The molecule has 38 heavy (non-hydrogen) atoms. The summed E-state index contributed by atoms with van der Waals surface area (Å²) < 4.78 is 18.9. The maximum atomic E-state index is 13.8. The molecule has 1 atom stereocenters. The Morgan fingerprint density at radius 1 is 0.947 bits per heavy atom. The summed E-state index contributed by atoms with van der Waals surface area (Å²) in [5.74, 6) is 2.48. The van der Waals surface area contributed by atoms with Gasteiger partial charge in [0.1, 0.15) is 11.8 Å². The van der Waals surface area contributed by atoms with Gasteiger partial charge in [0.25, 0.3) is 5.91 Å². The molecule has 0 saturated heterocycles. The van der Waals surface area contributed by atoms with E-state index >= 15 is 0 Å². The average molecular weight is 576 g/mol. The van der Waals surface area contributed by atoms with E-state index < -0.39 is 6.04 Å². The number of hydrogen-bond donors (Lipinski definition) is 2. The minimum atomic E-state index is -0.532. The van der Waals surface area contributed by atoms with Crippen molar-refractivity contribution < 1.29 is 19.0 Å². The van der Waals surface area contributed by atoms with E-state index in [0.717, 1.165) is 15.6 Å². The Kier molecular flexibility index (Phi) is 7.06. The van der Waals surface area contributed by atoms with Crippen LogP contribution < -0.4 is 24.8 Å². The highest BCUT2D eigenvalue weighted by Crippen LogP contribution is 2.39. The van der Waals surface area contributed by atoms with Gasteiger partial charge in [0, 0.05) is 15.7 Å². The molecule has 1 amide bonds. The molecule has 0 aliphatic carbocycles. The first-order valence-corrected chi connectivity index (χ1v) is 12.6. The first-order valence-electron chi connectivity index (χ1n) is 11.8. The third kappa shape index (κ3) is 4.70. The van der Waals surface area contributed by atoms with Gasteiger partial charge in [-0.05, 0) is 55.0 Å². The molecule has 5 rings (SSSR count). The number of allylic oxidation sites excluding steroid dienone is 1. The fourth-order valence-electron chi connectivity index (χ4n) is 4.43. The molecule has 0 saturated carbocycles. The smallest absolute Gasteiger partial charge is 0.255 e. The van der Waals surface area contributed by atoms with Crippen LogP contribution in [0.4, 0.5) is 11.6 Å². The molecular formula is C28H26BrN5O4. The maximum Gasteiger partial charge on any atom is 0.255 e. The van der Waals surface area contributed by atoms with Crippen molar-refractivity contribution in [3.63, 3.8) is 0 Å². The first-order chi connectivity index (χ1) is 18.4. The number of halogens is 1. The van der Waals surface area contributed by atoms with Gasteiger partial charge in [-0.2, -0.15) is 4.98 Å². The Bertz CT molecular complexity index is 1530. The lowest BCUT2D eigenvalue weighted by Crippen LogP contribution is -2.31. The van der Waals surface area contributed by atoms with E-state index in [1.54, 1.807) is 38.1 Å². The standard InChI is InChI=1S/C28H26BrN5O4/c1-16-24(27(35)31-20-7-5-6-8-21(20)36-2)25(17-9-12-19(29)13-10-17)34-28(30-16)32-26(33-34)18-11-14-22(37-3)23(15-18)38-4/h5-15,25H,1-4H3,(H,31,35)(H,30,32,33). The van der Waals surface area contributed by atoms with Crippen molar-refractivity contribution in [2.45, 2.75) is 13.0 Å². The van der Waals surface area contributed by atoms with Crippen LogP contribution in [0.5, 0.6) is 17.2 Å². The molecule has 194 valence electrons. The van der Waals surface area contributed by atoms with E-state index in [2.05, 4.69) is 26.6 Å². The lowest BCUT2D eigenvalue weighted by Gasteiger charge is -2.29. The predicted octanol–water partition coefficient (Wildman–Crippen LogP) is 5.66. The number of nitrogens with one attached hydrogen (secondary N) is 2. The van der Waals surface area contributed by atoms with Crippen LogP contribution in [0.3, 0.4) is 0 Å². The van der Waals surface area contributed by atoms with Gasteiger partial charge in [-0.25, -0.2) is 4.68 Å². The van der Waals surface area contributed by atoms with Crippen molar-refractivity contribution in [2.75, 3.05) is 32.0 Å². The molecule has 9 nitrogen and oxygen atoms in total. The van der Waals surface area contributed by atoms with Gasteiger partial charge >= 0.3 is 0 Å². The highest BCUT2D eigenvalue weighted by molar-refractivity contribution is 9.10. The van der Waals surface area contributed by atoms with Crippen molar-refractivity contribution in [1.82, 2.24) is 14.8 Å². The molecule has 0 radical (unpaired) electrons. The number of nitrogens with zero attached hydrogens (tertiary/aromatic N) is 3.